The van der Waals surface area contributed by atoms with Crippen molar-refractivity contribution < 1.29 is 19.0 Å². The molecule has 1 heterocycles. The maximum Gasteiger partial charge on any atom is 0.235 e. The summed E-state index contributed by atoms with van der Waals surface area (Å²) in [6.07, 6.45) is 3.79. The SMILES string of the molecule is CC(C)Oc1ccc(NC(=O)C2(c3ccc4c(c3)OCO4)CCCC2)c2ccccc12. The minimum atomic E-state index is -0.560. The smallest absolute Gasteiger partial charge is 0.235 e. The average Bonchev–Trinajstić information content (AvgIpc) is 3.45. The van der Waals surface area contributed by atoms with Crippen LogP contribution >= 0.6 is 0 Å². The Kier molecular flexibility index (Phi) is 4.97. The Balaban J connectivity index is 1.50. The van der Waals surface area contributed by atoms with Crippen molar-refractivity contribution in [2.75, 3.05) is 12.1 Å². The molecule has 0 atom stereocenters. The summed E-state index contributed by atoms with van der Waals surface area (Å²) < 4.78 is 17.0. The second-order valence-corrected chi connectivity index (χ2v) is 8.63. The zero-order valence-electron chi connectivity index (χ0n) is 17.9. The summed E-state index contributed by atoms with van der Waals surface area (Å²) >= 11 is 0. The molecule has 0 spiro atoms. The first-order valence-corrected chi connectivity index (χ1v) is 11.0. The van der Waals surface area contributed by atoms with Gasteiger partial charge >= 0.3 is 0 Å². The van der Waals surface area contributed by atoms with Gasteiger partial charge in [0.15, 0.2) is 11.5 Å². The van der Waals surface area contributed by atoms with Gasteiger partial charge < -0.3 is 19.5 Å². The van der Waals surface area contributed by atoms with Crippen LogP contribution in [0.5, 0.6) is 17.2 Å². The number of amides is 1. The first kappa shape index (κ1) is 19.7. The molecule has 5 rings (SSSR count). The van der Waals surface area contributed by atoms with Crippen molar-refractivity contribution in [3.63, 3.8) is 0 Å². The molecule has 0 saturated heterocycles. The van der Waals surface area contributed by atoms with E-state index in [9.17, 15) is 4.79 Å². The Morgan fingerprint density at radius 1 is 0.968 bits per heavy atom. The van der Waals surface area contributed by atoms with E-state index in [1.54, 1.807) is 0 Å². The third-order valence-corrected chi connectivity index (χ3v) is 6.31. The first-order chi connectivity index (χ1) is 15.1. The van der Waals surface area contributed by atoms with Crippen LogP contribution < -0.4 is 19.5 Å². The molecule has 1 saturated carbocycles. The Labute approximate surface area is 182 Å². The fourth-order valence-corrected chi connectivity index (χ4v) is 4.80. The number of rotatable bonds is 5. The van der Waals surface area contributed by atoms with Crippen LogP contribution in [-0.4, -0.2) is 18.8 Å². The molecule has 1 amide bonds. The topological polar surface area (TPSA) is 56.8 Å². The third kappa shape index (κ3) is 3.48. The first-order valence-electron chi connectivity index (χ1n) is 11.0. The molecule has 1 aliphatic carbocycles. The minimum Gasteiger partial charge on any atom is -0.490 e. The van der Waals surface area contributed by atoms with Crippen molar-refractivity contribution >= 4 is 22.4 Å². The van der Waals surface area contributed by atoms with E-state index in [1.807, 2.05) is 68.4 Å². The number of carbonyl (C=O) groups excluding carboxylic acids is 1. The van der Waals surface area contributed by atoms with Gasteiger partial charge in [0, 0.05) is 16.5 Å². The molecule has 3 aromatic rings. The van der Waals surface area contributed by atoms with E-state index in [0.29, 0.717) is 0 Å². The van der Waals surface area contributed by atoms with Crippen LogP contribution in [0.3, 0.4) is 0 Å². The summed E-state index contributed by atoms with van der Waals surface area (Å²) in [4.78, 5) is 13.7. The van der Waals surface area contributed by atoms with E-state index < -0.39 is 5.41 Å². The van der Waals surface area contributed by atoms with Crippen molar-refractivity contribution in [3.8, 4) is 17.2 Å². The predicted octanol–water partition coefficient (Wildman–Crippen LogP) is 5.81. The highest BCUT2D eigenvalue weighted by Gasteiger charge is 2.43. The molecular formula is C26H27NO4. The molecule has 160 valence electrons. The number of nitrogens with one attached hydrogen (secondary N) is 1. The quantitative estimate of drug-likeness (QED) is 0.569. The third-order valence-electron chi connectivity index (χ3n) is 6.31. The van der Waals surface area contributed by atoms with Crippen LogP contribution in [0.4, 0.5) is 5.69 Å². The molecule has 5 heteroatoms. The molecule has 1 aliphatic heterocycles. The molecule has 31 heavy (non-hydrogen) atoms. The van der Waals surface area contributed by atoms with Crippen LogP contribution in [0.25, 0.3) is 10.8 Å². The Morgan fingerprint density at radius 3 is 2.48 bits per heavy atom. The molecule has 1 N–H and O–H groups in total. The van der Waals surface area contributed by atoms with Crippen LogP contribution in [0.2, 0.25) is 0 Å². The van der Waals surface area contributed by atoms with E-state index in [1.165, 1.54) is 0 Å². The lowest BCUT2D eigenvalue weighted by Crippen LogP contribution is -2.38. The van der Waals surface area contributed by atoms with E-state index in [-0.39, 0.29) is 18.8 Å². The summed E-state index contributed by atoms with van der Waals surface area (Å²) in [5, 5.41) is 5.23. The Bertz CT molecular complexity index is 1130. The fraction of sp³-hybridized carbons (Fsp3) is 0.346. The van der Waals surface area contributed by atoms with Gasteiger partial charge in [-0.2, -0.15) is 0 Å². The predicted molar refractivity (Wildman–Crippen MR) is 121 cm³/mol. The number of hydrogen-bond acceptors (Lipinski definition) is 4. The van der Waals surface area contributed by atoms with E-state index >= 15 is 0 Å². The number of hydrogen-bond donors (Lipinski definition) is 1. The Morgan fingerprint density at radius 2 is 1.71 bits per heavy atom. The molecule has 2 aliphatic rings. The molecule has 0 unspecified atom stereocenters. The zero-order valence-corrected chi connectivity index (χ0v) is 17.9. The number of fused-ring (bicyclic) bond motifs is 2. The second-order valence-electron chi connectivity index (χ2n) is 8.63. The van der Waals surface area contributed by atoms with Crippen molar-refractivity contribution in [3.05, 3.63) is 60.2 Å². The van der Waals surface area contributed by atoms with Crippen LogP contribution in [0.1, 0.15) is 45.1 Å². The van der Waals surface area contributed by atoms with Gasteiger partial charge in [0.2, 0.25) is 12.7 Å². The highest BCUT2D eigenvalue weighted by Crippen LogP contribution is 2.45. The standard InChI is InChI=1S/C26H27NO4/c1-17(2)31-22-12-10-21(19-7-3-4-8-20(19)22)27-25(28)26(13-5-6-14-26)18-9-11-23-24(15-18)30-16-29-23/h3-4,7-12,15,17H,5-6,13-14,16H2,1-2H3,(H,27,28). The molecule has 0 bridgehead atoms. The summed E-state index contributed by atoms with van der Waals surface area (Å²) in [5.41, 5.74) is 1.24. The number of benzene rings is 3. The van der Waals surface area contributed by atoms with Gasteiger partial charge in [0.1, 0.15) is 5.75 Å². The van der Waals surface area contributed by atoms with Crippen molar-refractivity contribution in [2.45, 2.75) is 51.0 Å². The van der Waals surface area contributed by atoms with Gasteiger partial charge in [-0.15, -0.1) is 0 Å². The fourth-order valence-electron chi connectivity index (χ4n) is 4.80. The summed E-state index contributed by atoms with van der Waals surface area (Å²) in [6, 6.07) is 17.8. The lowest BCUT2D eigenvalue weighted by molar-refractivity contribution is -0.121. The molecular weight excluding hydrogens is 390 g/mol. The lowest BCUT2D eigenvalue weighted by atomic mass is 9.77. The van der Waals surface area contributed by atoms with Crippen molar-refractivity contribution in [1.82, 2.24) is 0 Å². The van der Waals surface area contributed by atoms with E-state index in [2.05, 4.69) is 5.32 Å². The van der Waals surface area contributed by atoms with Gasteiger partial charge in [0.25, 0.3) is 0 Å². The van der Waals surface area contributed by atoms with Gasteiger partial charge in [-0.05, 0) is 56.5 Å². The normalized spacial score (nSPS) is 16.6. The van der Waals surface area contributed by atoms with Gasteiger partial charge in [0.05, 0.1) is 11.5 Å². The molecule has 0 radical (unpaired) electrons. The maximum atomic E-state index is 13.7. The monoisotopic (exact) mass is 417 g/mol. The summed E-state index contributed by atoms with van der Waals surface area (Å²) in [6.45, 7) is 4.26. The van der Waals surface area contributed by atoms with Crippen LogP contribution in [0.15, 0.2) is 54.6 Å². The number of carbonyl (C=O) groups is 1. The maximum absolute atomic E-state index is 13.7. The number of ether oxygens (including phenoxy) is 3. The summed E-state index contributed by atoms with van der Waals surface area (Å²) in [5.74, 6) is 2.32. The number of anilines is 1. The molecule has 3 aromatic carbocycles. The van der Waals surface area contributed by atoms with Crippen LogP contribution in [0, 0.1) is 0 Å². The molecule has 0 aromatic heterocycles. The minimum absolute atomic E-state index is 0.0338. The van der Waals surface area contributed by atoms with Gasteiger partial charge in [-0.3, -0.25) is 4.79 Å². The molecule has 1 fully saturated rings. The lowest BCUT2D eigenvalue weighted by Gasteiger charge is -2.29. The van der Waals surface area contributed by atoms with Gasteiger partial charge in [-0.1, -0.05) is 43.2 Å². The second kappa shape index (κ2) is 7.80. The van der Waals surface area contributed by atoms with E-state index in [4.69, 9.17) is 14.2 Å². The van der Waals surface area contributed by atoms with Crippen LogP contribution in [-0.2, 0) is 10.2 Å². The highest BCUT2D eigenvalue weighted by molar-refractivity contribution is 6.07. The van der Waals surface area contributed by atoms with Gasteiger partial charge in [-0.25, -0.2) is 0 Å². The largest absolute Gasteiger partial charge is 0.490 e. The summed E-state index contributed by atoms with van der Waals surface area (Å²) in [7, 11) is 0. The van der Waals surface area contributed by atoms with Crippen molar-refractivity contribution in [1.29, 1.82) is 0 Å². The zero-order chi connectivity index (χ0) is 21.4. The highest BCUT2D eigenvalue weighted by atomic mass is 16.7. The van der Waals surface area contributed by atoms with E-state index in [0.717, 1.165) is 65.0 Å². The molecule has 5 nitrogen and oxygen atoms in total. The Hall–Kier alpha value is -3.21. The average molecular weight is 418 g/mol. The van der Waals surface area contributed by atoms with Crippen molar-refractivity contribution in [2.24, 2.45) is 0 Å².